The second kappa shape index (κ2) is 5.22. The Morgan fingerprint density at radius 3 is 2.62 bits per heavy atom. The quantitative estimate of drug-likeness (QED) is 0.845. The number of rotatable bonds is 4. The zero-order chi connectivity index (χ0) is 15.0. The first-order valence-corrected chi connectivity index (χ1v) is 7.48. The van der Waals surface area contributed by atoms with Crippen LogP contribution in [0.15, 0.2) is 24.3 Å². The Morgan fingerprint density at radius 2 is 2.00 bits per heavy atom. The van der Waals surface area contributed by atoms with Crippen LogP contribution in [0.1, 0.15) is 12.8 Å². The lowest BCUT2D eigenvalue weighted by Gasteiger charge is -2.41. The van der Waals surface area contributed by atoms with Crippen LogP contribution >= 0.6 is 0 Å². The minimum absolute atomic E-state index is 0.247. The summed E-state index contributed by atoms with van der Waals surface area (Å²) in [7, 11) is 3.51. The van der Waals surface area contributed by atoms with Gasteiger partial charge in [0.2, 0.25) is 0 Å². The normalized spacial score (nSPS) is 20.7. The van der Waals surface area contributed by atoms with Crippen molar-refractivity contribution in [2.45, 2.75) is 18.4 Å². The summed E-state index contributed by atoms with van der Waals surface area (Å²) in [6.07, 6.45) is 2.03. The fraction of sp³-hybridized carbons (Fsp3) is 0.562. The van der Waals surface area contributed by atoms with E-state index < -0.39 is 5.54 Å². The van der Waals surface area contributed by atoms with Crippen molar-refractivity contribution < 1.29 is 9.53 Å². The highest BCUT2D eigenvalue weighted by molar-refractivity contribution is 5.83. The van der Waals surface area contributed by atoms with Gasteiger partial charge in [-0.3, -0.25) is 0 Å². The molecule has 1 atom stereocenters. The monoisotopic (exact) mass is 289 g/mol. The average molecular weight is 289 g/mol. The van der Waals surface area contributed by atoms with Crippen molar-refractivity contribution >= 4 is 17.3 Å². The number of hydrogen-bond acceptors (Lipinski definition) is 5. The van der Waals surface area contributed by atoms with E-state index in [1.54, 1.807) is 0 Å². The maximum atomic E-state index is 12.2. The number of hydrogen-bond donors (Lipinski definition) is 1. The average Bonchev–Trinajstić information content (AvgIpc) is 3.34. The number of carbonyl (C=O) groups excluding carboxylic acids is 1. The van der Waals surface area contributed by atoms with E-state index in [0.717, 1.165) is 31.6 Å². The molecule has 2 N–H and O–H groups in total. The number of fused-ring (bicyclic) bond motifs is 1. The summed E-state index contributed by atoms with van der Waals surface area (Å²) in [5, 5.41) is 0. The molecule has 114 valence electrons. The number of nitrogens with zero attached hydrogens (tertiary/aromatic N) is 2. The number of nitrogens with two attached hydrogens (primary N) is 1. The molecule has 1 aliphatic carbocycles. The molecule has 1 aromatic carbocycles. The van der Waals surface area contributed by atoms with Crippen LogP contribution in [-0.2, 0) is 9.53 Å². The Morgan fingerprint density at radius 1 is 1.33 bits per heavy atom. The van der Waals surface area contributed by atoms with Gasteiger partial charge in [0.05, 0.1) is 18.5 Å². The van der Waals surface area contributed by atoms with E-state index in [-0.39, 0.29) is 11.9 Å². The molecular weight excluding hydrogens is 266 g/mol. The Hall–Kier alpha value is -1.75. The van der Waals surface area contributed by atoms with Crippen LogP contribution in [0.4, 0.5) is 11.4 Å². The molecule has 0 spiro atoms. The molecule has 21 heavy (non-hydrogen) atoms. The summed E-state index contributed by atoms with van der Waals surface area (Å²) < 4.78 is 4.97. The van der Waals surface area contributed by atoms with Crippen LogP contribution in [0.5, 0.6) is 0 Å². The molecule has 1 fully saturated rings. The van der Waals surface area contributed by atoms with Gasteiger partial charge >= 0.3 is 5.97 Å². The van der Waals surface area contributed by atoms with Gasteiger partial charge in [0, 0.05) is 26.7 Å². The molecule has 1 aliphatic heterocycles. The highest BCUT2D eigenvalue weighted by Crippen LogP contribution is 2.41. The predicted octanol–water partition coefficient (Wildman–Crippen LogP) is 1.22. The van der Waals surface area contributed by atoms with Crippen molar-refractivity contribution in [3.8, 4) is 0 Å². The Kier molecular flexibility index (Phi) is 3.53. The van der Waals surface area contributed by atoms with Gasteiger partial charge in [-0.1, -0.05) is 12.1 Å². The van der Waals surface area contributed by atoms with Crippen LogP contribution in [-0.4, -0.2) is 45.3 Å². The molecule has 5 heteroatoms. The van der Waals surface area contributed by atoms with Crippen LogP contribution < -0.4 is 15.5 Å². The summed E-state index contributed by atoms with van der Waals surface area (Å²) in [6.45, 7) is 2.32. The number of carbonyl (C=O) groups is 1. The summed E-state index contributed by atoms with van der Waals surface area (Å²) in [5.41, 5.74) is 7.89. The van der Waals surface area contributed by atoms with Crippen molar-refractivity contribution in [1.82, 2.24) is 0 Å². The van der Waals surface area contributed by atoms with Gasteiger partial charge in [0.25, 0.3) is 0 Å². The molecular formula is C16H23N3O2. The first-order chi connectivity index (χ1) is 10.1. The third kappa shape index (κ3) is 2.46. The lowest BCUT2D eigenvalue weighted by Crippen LogP contribution is -2.60. The number of methoxy groups -OCH3 is 1. The van der Waals surface area contributed by atoms with Gasteiger partial charge in [0.1, 0.15) is 5.54 Å². The zero-order valence-electron chi connectivity index (χ0n) is 12.7. The van der Waals surface area contributed by atoms with Crippen LogP contribution in [0.25, 0.3) is 0 Å². The standard InChI is InChI=1S/C16H23N3O2/c1-18-9-10-19(14-6-4-3-5-13(14)18)11-16(17,12-7-8-12)15(20)21-2/h3-6,12H,7-11,17H2,1-2H3. The largest absolute Gasteiger partial charge is 0.468 e. The van der Waals surface area contributed by atoms with E-state index in [9.17, 15) is 4.79 Å². The summed E-state index contributed by atoms with van der Waals surface area (Å²) in [5.74, 6) is -0.0434. The van der Waals surface area contributed by atoms with E-state index in [0.29, 0.717) is 6.54 Å². The maximum absolute atomic E-state index is 12.2. The topological polar surface area (TPSA) is 58.8 Å². The van der Waals surface area contributed by atoms with E-state index >= 15 is 0 Å². The van der Waals surface area contributed by atoms with Gasteiger partial charge in [-0.15, -0.1) is 0 Å². The molecule has 0 saturated heterocycles. The van der Waals surface area contributed by atoms with Crippen LogP contribution in [0.3, 0.4) is 0 Å². The number of para-hydroxylation sites is 2. The molecule has 1 heterocycles. The summed E-state index contributed by atoms with van der Waals surface area (Å²) >= 11 is 0. The fourth-order valence-electron chi connectivity index (χ4n) is 3.19. The minimum Gasteiger partial charge on any atom is -0.468 e. The van der Waals surface area contributed by atoms with Gasteiger partial charge in [0.15, 0.2) is 0 Å². The number of anilines is 2. The first kappa shape index (κ1) is 14.2. The lowest BCUT2D eigenvalue weighted by molar-refractivity contribution is -0.147. The molecule has 5 nitrogen and oxygen atoms in total. The number of ether oxygens (including phenoxy) is 1. The van der Waals surface area contributed by atoms with Crippen molar-refractivity contribution in [3.05, 3.63) is 24.3 Å². The Bertz CT molecular complexity index is 544. The smallest absolute Gasteiger partial charge is 0.327 e. The van der Waals surface area contributed by atoms with E-state index in [1.807, 2.05) is 12.1 Å². The second-order valence-corrected chi connectivity index (χ2v) is 6.14. The van der Waals surface area contributed by atoms with Crippen molar-refractivity contribution in [1.29, 1.82) is 0 Å². The zero-order valence-corrected chi connectivity index (χ0v) is 12.7. The lowest BCUT2D eigenvalue weighted by atomic mass is 9.93. The maximum Gasteiger partial charge on any atom is 0.327 e. The van der Waals surface area contributed by atoms with Crippen molar-refractivity contribution in [2.24, 2.45) is 11.7 Å². The molecule has 2 aliphatic rings. The predicted molar refractivity (Wildman–Crippen MR) is 83.6 cm³/mol. The first-order valence-electron chi connectivity index (χ1n) is 7.48. The molecule has 1 unspecified atom stereocenters. The van der Waals surface area contributed by atoms with Crippen molar-refractivity contribution in [3.63, 3.8) is 0 Å². The number of likely N-dealkylation sites (N-methyl/N-ethyl adjacent to an activating group) is 1. The van der Waals surface area contributed by atoms with Crippen molar-refractivity contribution in [2.75, 3.05) is 43.6 Å². The molecule has 1 saturated carbocycles. The minimum atomic E-state index is -0.891. The van der Waals surface area contributed by atoms with E-state index in [2.05, 4.69) is 29.0 Å². The molecule has 3 rings (SSSR count). The van der Waals surface area contributed by atoms with Crippen LogP contribution in [0, 0.1) is 5.92 Å². The summed E-state index contributed by atoms with van der Waals surface area (Å²) in [6, 6.07) is 8.26. The fourth-order valence-corrected chi connectivity index (χ4v) is 3.19. The highest BCUT2D eigenvalue weighted by Gasteiger charge is 2.50. The Balaban J connectivity index is 1.87. The molecule has 1 aromatic rings. The van der Waals surface area contributed by atoms with E-state index in [1.165, 1.54) is 12.8 Å². The third-order valence-electron chi connectivity index (χ3n) is 4.66. The van der Waals surface area contributed by atoms with Gasteiger partial charge in [-0.25, -0.2) is 4.79 Å². The van der Waals surface area contributed by atoms with Gasteiger partial charge in [-0.2, -0.15) is 0 Å². The number of esters is 1. The van der Waals surface area contributed by atoms with Gasteiger partial charge in [-0.05, 0) is 30.9 Å². The molecule has 0 radical (unpaired) electrons. The second-order valence-electron chi connectivity index (χ2n) is 6.14. The van der Waals surface area contributed by atoms with Crippen LogP contribution in [0.2, 0.25) is 0 Å². The van der Waals surface area contributed by atoms with E-state index in [4.69, 9.17) is 10.5 Å². The third-order valence-corrected chi connectivity index (χ3v) is 4.66. The molecule has 0 amide bonds. The summed E-state index contributed by atoms with van der Waals surface area (Å²) in [4.78, 5) is 16.6. The Labute approximate surface area is 125 Å². The molecule has 0 bridgehead atoms. The molecule has 0 aromatic heterocycles. The highest BCUT2D eigenvalue weighted by atomic mass is 16.5. The van der Waals surface area contributed by atoms with Gasteiger partial charge < -0.3 is 20.3 Å². The SMILES string of the molecule is COC(=O)C(N)(CN1CCN(C)c2ccccc21)C1CC1. The number of benzene rings is 1.